The molecule has 0 spiro atoms. The van der Waals surface area contributed by atoms with Crippen molar-refractivity contribution in [1.29, 1.82) is 0 Å². The van der Waals surface area contributed by atoms with Gasteiger partial charge in [-0.05, 0) is 20.8 Å². The normalized spacial score (nSPS) is 11.2. The predicted molar refractivity (Wildman–Crippen MR) is 83.1 cm³/mol. The van der Waals surface area contributed by atoms with Crippen molar-refractivity contribution in [2.45, 2.75) is 26.4 Å². The Morgan fingerprint density at radius 1 is 1.09 bits per heavy atom. The van der Waals surface area contributed by atoms with Crippen molar-refractivity contribution >= 4 is 12.3 Å². The van der Waals surface area contributed by atoms with Crippen LogP contribution in [0.1, 0.15) is 26.3 Å². The first-order valence-electron chi connectivity index (χ1n) is 6.62. The summed E-state index contributed by atoms with van der Waals surface area (Å²) in [5.41, 5.74) is 2.27. The minimum absolute atomic E-state index is 0.505. The number of hydrogen-bond acceptors (Lipinski definition) is 6. The van der Waals surface area contributed by atoms with E-state index < -0.39 is 11.7 Å². The molecule has 0 aliphatic heterocycles. The van der Waals surface area contributed by atoms with E-state index in [0.29, 0.717) is 22.8 Å². The molecule has 0 fully saturated rings. The first-order valence-corrected chi connectivity index (χ1v) is 6.62. The van der Waals surface area contributed by atoms with Gasteiger partial charge in [-0.15, -0.1) is 0 Å². The molecule has 122 valence electrons. The van der Waals surface area contributed by atoms with Crippen LogP contribution in [0.2, 0.25) is 0 Å². The third-order valence-corrected chi connectivity index (χ3v) is 2.50. The molecule has 0 atom stereocenters. The number of amides is 1. The molecule has 0 radical (unpaired) electrons. The van der Waals surface area contributed by atoms with Crippen LogP contribution in [0.5, 0.6) is 17.2 Å². The number of nitrogens with one attached hydrogen (secondary N) is 1. The largest absolute Gasteiger partial charge is 0.496 e. The zero-order valence-corrected chi connectivity index (χ0v) is 13.7. The fraction of sp³-hybridized carbons (Fsp3) is 0.467. The second-order valence-corrected chi connectivity index (χ2v) is 5.32. The van der Waals surface area contributed by atoms with Crippen LogP contribution in [0.15, 0.2) is 17.2 Å². The Morgan fingerprint density at radius 2 is 1.64 bits per heavy atom. The van der Waals surface area contributed by atoms with E-state index in [0.717, 1.165) is 0 Å². The maximum absolute atomic E-state index is 11.5. The van der Waals surface area contributed by atoms with Gasteiger partial charge in [0.2, 0.25) is 0 Å². The summed E-state index contributed by atoms with van der Waals surface area (Å²) in [5.74, 6) is 1.60. The van der Waals surface area contributed by atoms with E-state index in [2.05, 4.69) is 10.5 Å². The van der Waals surface area contributed by atoms with Crippen molar-refractivity contribution in [2.24, 2.45) is 5.10 Å². The molecule has 22 heavy (non-hydrogen) atoms. The molecular weight excluding hydrogens is 288 g/mol. The van der Waals surface area contributed by atoms with Gasteiger partial charge in [-0.1, -0.05) is 0 Å². The summed E-state index contributed by atoms with van der Waals surface area (Å²) in [4.78, 5) is 11.5. The van der Waals surface area contributed by atoms with Crippen LogP contribution in [0.4, 0.5) is 4.79 Å². The number of rotatable bonds is 5. The zero-order chi connectivity index (χ0) is 16.8. The Balaban J connectivity index is 2.92. The number of hydrazone groups is 1. The molecule has 1 amide bonds. The van der Waals surface area contributed by atoms with Gasteiger partial charge in [-0.25, -0.2) is 10.2 Å². The topological polar surface area (TPSA) is 78.4 Å². The second-order valence-electron chi connectivity index (χ2n) is 5.32. The summed E-state index contributed by atoms with van der Waals surface area (Å²) in [5, 5.41) is 3.85. The molecule has 7 nitrogen and oxygen atoms in total. The summed E-state index contributed by atoms with van der Waals surface area (Å²) >= 11 is 0. The molecule has 0 aliphatic rings. The van der Waals surface area contributed by atoms with Crippen LogP contribution >= 0.6 is 0 Å². The Kier molecular flexibility index (Phi) is 6.03. The fourth-order valence-corrected chi connectivity index (χ4v) is 1.61. The third kappa shape index (κ3) is 5.16. The summed E-state index contributed by atoms with van der Waals surface area (Å²) in [6.45, 7) is 5.31. The van der Waals surface area contributed by atoms with Gasteiger partial charge in [0.1, 0.15) is 22.8 Å². The molecule has 0 saturated heterocycles. The highest BCUT2D eigenvalue weighted by molar-refractivity contribution is 5.88. The first kappa shape index (κ1) is 17.6. The van der Waals surface area contributed by atoms with Gasteiger partial charge < -0.3 is 18.9 Å². The van der Waals surface area contributed by atoms with E-state index in [-0.39, 0.29) is 0 Å². The van der Waals surface area contributed by atoms with Crippen LogP contribution in [-0.4, -0.2) is 39.2 Å². The van der Waals surface area contributed by atoms with Crippen molar-refractivity contribution < 1.29 is 23.7 Å². The van der Waals surface area contributed by atoms with Crippen molar-refractivity contribution in [3.63, 3.8) is 0 Å². The Labute approximate surface area is 130 Å². The molecule has 1 N–H and O–H groups in total. The van der Waals surface area contributed by atoms with Crippen LogP contribution in [0.3, 0.4) is 0 Å². The first-order chi connectivity index (χ1) is 10.3. The molecule has 1 rings (SSSR count). The van der Waals surface area contributed by atoms with Crippen molar-refractivity contribution in [3.8, 4) is 17.2 Å². The Bertz CT molecular complexity index is 524. The monoisotopic (exact) mass is 310 g/mol. The van der Waals surface area contributed by atoms with E-state index in [1.807, 2.05) is 0 Å². The highest BCUT2D eigenvalue weighted by atomic mass is 16.6. The summed E-state index contributed by atoms with van der Waals surface area (Å²) in [6, 6.07) is 3.38. The van der Waals surface area contributed by atoms with E-state index in [1.54, 1.807) is 40.0 Å². The highest BCUT2D eigenvalue weighted by Crippen LogP contribution is 2.32. The lowest BCUT2D eigenvalue weighted by Gasteiger charge is -2.18. The maximum atomic E-state index is 11.5. The fourth-order valence-electron chi connectivity index (χ4n) is 1.61. The van der Waals surface area contributed by atoms with Crippen molar-refractivity contribution in [1.82, 2.24) is 5.43 Å². The van der Waals surface area contributed by atoms with Gasteiger partial charge in [-0.3, -0.25) is 0 Å². The molecule has 0 aliphatic carbocycles. The molecule has 0 bridgehead atoms. The summed E-state index contributed by atoms with van der Waals surface area (Å²) in [7, 11) is 4.59. The summed E-state index contributed by atoms with van der Waals surface area (Å²) in [6.07, 6.45) is 0.774. The highest BCUT2D eigenvalue weighted by Gasteiger charge is 2.16. The van der Waals surface area contributed by atoms with E-state index in [1.165, 1.54) is 20.4 Å². The third-order valence-electron chi connectivity index (χ3n) is 2.50. The average molecular weight is 310 g/mol. The van der Waals surface area contributed by atoms with E-state index >= 15 is 0 Å². The number of carbonyl (C=O) groups is 1. The maximum Gasteiger partial charge on any atom is 0.428 e. The van der Waals surface area contributed by atoms with Gasteiger partial charge in [-0.2, -0.15) is 5.10 Å². The lowest BCUT2D eigenvalue weighted by molar-refractivity contribution is 0.0529. The van der Waals surface area contributed by atoms with Gasteiger partial charge in [0.25, 0.3) is 0 Å². The van der Waals surface area contributed by atoms with Crippen LogP contribution in [0.25, 0.3) is 0 Å². The van der Waals surface area contributed by atoms with Crippen LogP contribution in [0, 0.1) is 0 Å². The predicted octanol–water partition coefficient (Wildman–Crippen LogP) is 2.57. The molecule has 7 heteroatoms. The quantitative estimate of drug-likeness (QED) is 0.668. The minimum Gasteiger partial charge on any atom is -0.496 e. The molecule has 0 saturated carbocycles. The lowest BCUT2D eigenvalue weighted by Crippen LogP contribution is -2.29. The molecule has 1 aromatic carbocycles. The number of carbonyl (C=O) groups excluding carboxylic acids is 1. The molecular formula is C15H22N2O5. The number of ether oxygens (including phenoxy) is 4. The Morgan fingerprint density at radius 3 is 2.05 bits per heavy atom. The van der Waals surface area contributed by atoms with E-state index in [9.17, 15) is 4.79 Å². The Hall–Kier alpha value is -2.44. The van der Waals surface area contributed by atoms with Gasteiger partial charge >= 0.3 is 6.09 Å². The van der Waals surface area contributed by atoms with Crippen LogP contribution in [-0.2, 0) is 4.74 Å². The van der Waals surface area contributed by atoms with E-state index in [4.69, 9.17) is 18.9 Å². The average Bonchev–Trinajstić information content (AvgIpc) is 2.45. The van der Waals surface area contributed by atoms with Crippen LogP contribution < -0.4 is 19.6 Å². The lowest BCUT2D eigenvalue weighted by atomic mass is 10.2. The SMILES string of the molecule is COc1cc(OC)c(/C=N/NC(=O)OC(C)(C)C)c(OC)c1. The van der Waals surface area contributed by atoms with Crippen molar-refractivity contribution in [3.05, 3.63) is 17.7 Å². The van der Waals surface area contributed by atoms with Gasteiger partial charge in [0.05, 0.1) is 33.1 Å². The number of benzene rings is 1. The standard InChI is InChI=1S/C15H22N2O5/c1-15(2,3)22-14(18)17-16-9-11-12(20-5)7-10(19-4)8-13(11)21-6/h7-9H,1-6H3,(H,17,18)/b16-9+. The zero-order valence-electron chi connectivity index (χ0n) is 13.7. The van der Waals surface area contributed by atoms with Gasteiger partial charge in [0, 0.05) is 12.1 Å². The number of nitrogens with zero attached hydrogens (tertiary/aromatic N) is 1. The summed E-state index contributed by atoms with van der Waals surface area (Å²) < 4.78 is 20.8. The number of methoxy groups -OCH3 is 3. The molecule has 0 aromatic heterocycles. The van der Waals surface area contributed by atoms with Gasteiger partial charge in [0.15, 0.2) is 0 Å². The number of hydrogen-bond donors (Lipinski definition) is 1. The minimum atomic E-state index is -0.643. The van der Waals surface area contributed by atoms with Crippen molar-refractivity contribution in [2.75, 3.05) is 21.3 Å². The molecule has 1 aromatic rings. The smallest absolute Gasteiger partial charge is 0.428 e. The second kappa shape index (κ2) is 7.53. The molecule has 0 heterocycles. The molecule has 0 unspecified atom stereocenters.